The molecule has 5 nitrogen and oxygen atoms in total. The third-order valence-electron chi connectivity index (χ3n) is 3.92. The summed E-state index contributed by atoms with van der Waals surface area (Å²) in [4.78, 5) is 25.3. The van der Waals surface area contributed by atoms with Crippen molar-refractivity contribution >= 4 is 11.8 Å². The minimum Gasteiger partial charge on any atom is -0.484 e. The van der Waals surface area contributed by atoms with Crippen molar-refractivity contribution in [1.29, 1.82) is 0 Å². The quantitative estimate of drug-likeness (QED) is 0.802. The largest absolute Gasteiger partial charge is 0.484 e. The van der Waals surface area contributed by atoms with Crippen molar-refractivity contribution in [3.05, 3.63) is 29.8 Å². The maximum absolute atomic E-state index is 12.4. The van der Waals surface area contributed by atoms with Gasteiger partial charge >= 0.3 is 0 Å². The third kappa shape index (κ3) is 4.76. The second-order valence-electron chi connectivity index (χ2n) is 5.49. The Balaban J connectivity index is 2.68. The number of nitrogens with two attached hydrogens (primary N) is 1. The molecule has 0 heterocycles. The van der Waals surface area contributed by atoms with Gasteiger partial charge in [0.2, 0.25) is 5.91 Å². The number of hydrogen-bond donors (Lipinski definition) is 1. The number of carbonyl (C=O) groups is 2. The molecule has 0 radical (unpaired) electrons. The highest BCUT2D eigenvalue weighted by Gasteiger charge is 2.23. The van der Waals surface area contributed by atoms with Crippen molar-refractivity contribution < 1.29 is 14.3 Å². The van der Waals surface area contributed by atoms with E-state index >= 15 is 0 Å². The van der Waals surface area contributed by atoms with Gasteiger partial charge in [-0.2, -0.15) is 0 Å². The first-order valence-corrected chi connectivity index (χ1v) is 7.74. The number of hydrogen-bond acceptors (Lipinski definition) is 3. The van der Waals surface area contributed by atoms with E-state index in [4.69, 9.17) is 10.5 Å². The summed E-state index contributed by atoms with van der Waals surface area (Å²) in [5.41, 5.74) is 5.60. The van der Waals surface area contributed by atoms with Gasteiger partial charge in [0.25, 0.3) is 5.91 Å². The van der Waals surface area contributed by atoms with Crippen LogP contribution in [0.2, 0.25) is 0 Å². The van der Waals surface area contributed by atoms with E-state index in [9.17, 15) is 9.59 Å². The molecule has 0 fully saturated rings. The highest BCUT2D eigenvalue weighted by atomic mass is 16.5. The van der Waals surface area contributed by atoms with E-state index in [1.165, 1.54) is 0 Å². The monoisotopic (exact) mass is 306 g/mol. The zero-order chi connectivity index (χ0) is 16.7. The lowest BCUT2D eigenvalue weighted by Crippen LogP contribution is -2.46. The molecule has 0 bridgehead atoms. The smallest absolute Gasteiger partial charge is 0.260 e. The average molecular weight is 306 g/mol. The standard InChI is InChI=1S/C17H26N2O3/c1-5-12(3)19(13(4)6-2)16(20)11-22-15-9-7-14(8-10-15)17(18)21/h7-10,12-13H,5-6,11H2,1-4H3,(H2,18,21)/t12-,13+. The Labute approximate surface area is 132 Å². The van der Waals surface area contributed by atoms with Crippen molar-refractivity contribution in [3.8, 4) is 5.75 Å². The second-order valence-corrected chi connectivity index (χ2v) is 5.49. The van der Waals surface area contributed by atoms with Crippen LogP contribution in [0.4, 0.5) is 0 Å². The number of benzene rings is 1. The van der Waals surface area contributed by atoms with Crippen molar-refractivity contribution in [3.63, 3.8) is 0 Å². The molecule has 122 valence electrons. The molecule has 2 amide bonds. The van der Waals surface area contributed by atoms with Crippen LogP contribution in [0.25, 0.3) is 0 Å². The summed E-state index contributed by atoms with van der Waals surface area (Å²) < 4.78 is 5.53. The number of nitrogens with zero attached hydrogens (tertiary/aromatic N) is 1. The molecule has 1 aromatic carbocycles. The lowest BCUT2D eigenvalue weighted by molar-refractivity contribution is -0.137. The van der Waals surface area contributed by atoms with E-state index in [1.807, 2.05) is 18.7 Å². The predicted molar refractivity (Wildman–Crippen MR) is 86.8 cm³/mol. The molecule has 0 saturated carbocycles. The van der Waals surface area contributed by atoms with E-state index in [2.05, 4.69) is 13.8 Å². The van der Waals surface area contributed by atoms with Gasteiger partial charge in [-0.05, 0) is 51.0 Å². The first kappa shape index (κ1) is 18.0. The van der Waals surface area contributed by atoms with Gasteiger partial charge in [-0.1, -0.05) is 13.8 Å². The van der Waals surface area contributed by atoms with Gasteiger partial charge in [-0.3, -0.25) is 9.59 Å². The fraction of sp³-hybridized carbons (Fsp3) is 0.529. The van der Waals surface area contributed by atoms with E-state index in [-0.39, 0.29) is 24.6 Å². The van der Waals surface area contributed by atoms with Crippen LogP contribution in [0.1, 0.15) is 50.9 Å². The van der Waals surface area contributed by atoms with Crippen LogP contribution in [0, 0.1) is 0 Å². The fourth-order valence-electron chi connectivity index (χ4n) is 2.25. The number of amides is 2. The van der Waals surface area contributed by atoms with Crippen molar-refractivity contribution in [2.45, 2.75) is 52.6 Å². The minimum atomic E-state index is -0.484. The SMILES string of the molecule is CC[C@@H](C)N(C(=O)COc1ccc(C(N)=O)cc1)[C@@H](C)CC. The molecule has 22 heavy (non-hydrogen) atoms. The summed E-state index contributed by atoms with van der Waals surface area (Å²) in [6.07, 6.45) is 1.81. The Hall–Kier alpha value is -2.04. The van der Waals surface area contributed by atoms with E-state index in [0.717, 1.165) is 12.8 Å². The zero-order valence-corrected chi connectivity index (χ0v) is 13.8. The van der Waals surface area contributed by atoms with Crippen LogP contribution in [0.5, 0.6) is 5.75 Å². The molecule has 0 aliphatic carbocycles. The molecule has 0 saturated heterocycles. The molecule has 0 aromatic heterocycles. The molecule has 0 aliphatic heterocycles. The molecular weight excluding hydrogens is 280 g/mol. The van der Waals surface area contributed by atoms with Crippen LogP contribution >= 0.6 is 0 Å². The van der Waals surface area contributed by atoms with Gasteiger partial charge in [-0.15, -0.1) is 0 Å². The molecule has 1 rings (SSSR count). The number of rotatable bonds is 8. The second kappa shape index (κ2) is 8.41. The summed E-state index contributed by atoms with van der Waals surface area (Å²) in [7, 11) is 0. The Bertz CT molecular complexity index is 489. The summed E-state index contributed by atoms with van der Waals surface area (Å²) >= 11 is 0. The number of carbonyl (C=O) groups excluding carboxylic acids is 2. The van der Waals surface area contributed by atoms with Gasteiger partial charge in [-0.25, -0.2) is 0 Å². The zero-order valence-electron chi connectivity index (χ0n) is 13.8. The summed E-state index contributed by atoms with van der Waals surface area (Å²) in [6, 6.07) is 6.83. The van der Waals surface area contributed by atoms with Crippen LogP contribution in [-0.2, 0) is 4.79 Å². The van der Waals surface area contributed by atoms with Gasteiger partial charge in [0, 0.05) is 17.6 Å². The maximum Gasteiger partial charge on any atom is 0.260 e. The van der Waals surface area contributed by atoms with Crippen molar-refractivity contribution in [2.24, 2.45) is 5.73 Å². The lowest BCUT2D eigenvalue weighted by Gasteiger charge is -2.33. The van der Waals surface area contributed by atoms with E-state index < -0.39 is 5.91 Å². The van der Waals surface area contributed by atoms with Gasteiger partial charge in [0.15, 0.2) is 6.61 Å². The van der Waals surface area contributed by atoms with Gasteiger partial charge in [0.05, 0.1) is 0 Å². The first-order valence-electron chi connectivity index (χ1n) is 7.74. The predicted octanol–water partition coefficient (Wildman–Crippen LogP) is 2.59. The van der Waals surface area contributed by atoms with Crippen LogP contribution < -0.4 is 10.5 Å². The maximum atomic E-state index is 12.4. The van der Waals surface area contributed by atoms with Gasteiger partial charge in [0.1, 0.15) is 5.75 Å². The molecule has 0 unspecified atom stereocenters. The normalized spacial score (nSPS) is 13.3. The average Bonchev–Trinajstić information content (AvgIpc) is 2.52. The highest BCUT2D eigenvalue weighted by molar-refractivity contribution is 5.92. The first-order chi connectivity index (χ1) is 10.4. The molecule has 2 atom stereocenters. The lowest BCUT2D eigenvalue weighted by atomic mass is 10.1. The number of ether oxygens (including phenoxy) is 1. The molecule has 5 heteroatoms. The fourth-order valence-corrected chi connectivity index (χ4v) is 2.25. The van der Waals surface area contributed by atoms with Crippen molar-refractivity contribution in [2.75, 3.05) is 6.61 Å². The van der Waals surface area contributed by atoms with Crippen LogP contribution in [-0.4, -0.2) is 35.4 Å². The highest BCUT2D eigenvalue weighted by Crippen LogP contribution is 2.15. The van der Waals surface area contributed by atoms with Crippen LogP contribution in [0.3, 0.4) is 0 Å². The number of primary amides is 1. The molecule has 2 N–H and O–H groups in total. The molecule has 0 aliphatic rings. The Kier molecular flexibility index (Phi) is 6.89. The third-order valence-corrected chi connectivity index (χ3v) is 3.92. The van der Waals surface area contributed by atoms with Gasteiger partial charge < -0.3 is 15.4 Å². The topological polar surface area (TPSA) is 72.6 Å². The molecular formula is C17H26N2O3. The van der Waals surface area contributed by atoms with Crippen molar-refractivity contribution in [1.82, 2.24) is 4.90 Å². The Morgan fingerprint density at radius 3 is 2.00 bits per heavy atom. The summed E-state index contributed by atoms with van der Waals surface area (Å²) in [6.45, 7) is 8.22. The summed E-state index contributed by atoms with van der Waals surface area (Å²) in [5.74, 6) is 0.0385. The minimum absolute atomic E-state index is 0.00933. The molecule has 1 aromatic rings. The Morgan fingerprint density at radius 2 is 1.59 bits per heavy atom. The Morgan fingerprint density at radius 1 is 1.09 bits per heavy atom. The molecule has 0 spiro atoms. The van der Waals surface area contributed by atoms with E-state index in [1.54, 1.807) is 24.3 Å². The van der Waals surface area contributed by atoms with E-state index in [0.29, 0.717) is 11.3 Å². The summed E-state index contributed by atoms with van der Waals surface area (Å²) in [5, 5.41) is 0. The van der Waals surface area contributed by atoms with Crippen LogP contribution in [0.15, 0.2) is 24.3 Å².